The van der Waals surface area contributed by atoms with E-state index in [4.69, 9.17) is 4.74 Å². The molecule has 0 aromatic heterocycles. The number of aryl methyl sites for hydroxylation is 1. The minimum Gasteiger partial charge on any atom is -0.486 e. The number of hydrogen-bond acceptors (Lipinski definition) is 2. The van der Waals surface area contributed by atoms with E-state index in [1.54, 1.807) is 0 Å². The zero-order chi connectivity index (χ0) is 12.9. The molecule has 1 aromatic carbocycles. The quantitative estimate of drug-likeness (QED) is 0.762. The smallest absolute Gasteiger partial charge is 0.123 e. The Hall–Kier alpha value is -1.02. The molecule has 0 aliphatic heterocycles. The fourth-order valence-electron chi connectivity index (χ4n) is 1.73. The Labute approximate surface area is 105 Å². The van der Waals surface area contributed by atoms with Gasteiger partial charge in [-0.15, -0.1) is 0 Å². The van der Waals surface area contributed by atoms with E-state index in [0.29, 0.717) is 0 Å². The molecule has 0 unspecified atom stereocenters. The van der Waals surface area contributed by atoms with Crippen molar-refractivity contribution >= 4 is 0 Å². The second kappa shape index (κ2) is 6.06. The Kier molecular flexibility index (Phi) is 5.01. The summed E-state index contributed by atoms with van der Waals surface area (Å²) in [4.78, 5) is 0. The lowest BCUT2D eigenvalue weighted by molar-refractivity contribution is 0.107. The maximum Gasteiger partial charge on any atom is 0.123 e. The molecule has 1 N–H and O–H groups in total. The van der Waals surface area contributed by atoms with E-state index in [0.717, 1.165) is 25.3 Å². The van der Waals surface area contributed by atoms with Crippen molar-refractivity contribution < 1.29 is 4.74 Å². The van der Waals surface area contributed by atoms with Crippen LogP contribution < -0.4 is 10.1 Å². The van der Waals surface area contributed by atoms with Crippen molar-refractivity contribution in [2.75, 3.05) is 13.1 Å². The Morgan fingerprint density at radius 2 is 1.94 bits per heavy atom. The predicted octanol–water partition coefficient (Wildman–Crippen LogP) is 3.46. The zero-order valence-electron chi connectivity index (χ0n) is 11.8. The molecule has 1 aromatic rings. The molecule has 2 nitrogen and oxygen atoms in total. The number of benzene rings is 1. The lowest BCUT2D eigenvalue weighted by Gasteiger charge is -2.28. The number of rotatable bonds is 6. The van der Waals surface area contributed by atoms with Crippen LogP contribution in [0.5, 0.6) is 5.75 Å². The number of ether oxygens (including phenoxy) is 1. The highest BCUT2D eigenvalue weighted by Gasteiger charge is 2.20. The zero-order valence-corrected chi connectivity index (χ0v) is 11.8. The predicted molar refractivity (Wildman–Crippen MR) is 73.8 cm³/mol. The van der Waals surface area contributed by atoms with Gasteiger partial charge in [0.1, 0.15) is 11.4 Å². The molecule has 0 saturated heterocycles. The molecule has 96 valence electrons. The van der Waals surface area contributed by atoms with Crippen LogP contribution in [0.1, 0.15) is 38.3 Å². The monoisotopic (exact) mass is 235 g/mol. The SMILES string of the molecule is CCCNCC(C)(C)Oc1cccc(C)c1C. The van der Waals surface area contributed by atoms with E-state index in [9.17, 15) is 0 Å². The second-order valence-electron chi connectivity index (χ2n) is 5.24. The fourth-order valence-corrected chi connectivity index (χ4v) is 1.73. The van der Waals surface area contributed by atoms with Crippen LogP contribution in [0.2, 0.25) is 0 Å². The largest absolute Gasteiger partial charge is 0.486 e. The van der Waals surface area contributed by atoms with Gasteiger partial charge < -0.3 is 10.1 Å². The fraction of sp³-hybridized carbons (Fsp3) is 0.600. The Balaban J connectivity index is 2.65. The average molecular weight is 235 g/mol. The summed E-state index contributed by atoms with van der Waals surface area (Å²) in [6, 6.07) is 6.21. The van der Waals surface area contributed by atoms with Gasteiger partial charge in [0.25, 0.3) is 0 Å². The van der Waals surface area contributed by atoms with Crippen LogP contribution in [0.25, 0.3) is 0 Å². The van der Waals surface area contributed by atoms with Gasteiger partial charge in [0.2, 0.25) is 0 Å². The van der Waals surface area contributed by atoms with E-state index >= 15 is 0 Å². The standard InChI is InChI=1S/C15H25NO/c1-6-10-16-11-15(4,5)17-14-9-7-8-12(2)13(14)3/h7-9,16H,6,10-11H2,1-5H3. The van der Waals surface area contributed by atoms with Crippen LogP contribution >= 0.6 is 0 Å². The van der Waals surface area contributed by atoms with E-state index < -0.39 is 0 Å². The molecule has 0 bridgehead atoms. The van der Waals surface area contributed by atoms with Gasteiger partial charge in [-0.3, -0.25) is 0 Å². The summed E-state index contributed by atoms with van der Waals surface area (Å²) >= 11 is 0. The molecule has 0 aliphatic rings. The first-order valence-electron chi connectivity index (χ1n) is 6.42. The summed E-state index contributed by atoms with van der Waals surface area (Å²) in [6.07, 6.45) is 1.15. The Bertz CT molecular complexity index is 358. The molecule has 0 saturated carbocycles. The summed E-state index contributed by atoms with van der Waals surface area (Å²) in [5, 5.41) is 3.40. The van der Waals surface area contributed by atoms with E-state index in [1.807, 2.05) is 12.1 Å². The maximum absolute atomic E-state index is 6.10. The van der Waals surface area contributed by atoms with Crippen molar-refractivity contribution in [1.82, 2.24) is 5.32 Å². The van der Waals surface area contributed by atoms with Crippen LogP contribution in [-0.2, 0) is 0 Å². The highest BCUT2D eigenvalue weighted by Crippen LogP contribution is 2.24. The van der Waals surface area contributed by atoms with E-state index in [-0.39, 0.29) is 5.60 Å². The normalized spacial score (nSPS) is 11.6. The van der Waals surface area contributed by atoms with Crippen molar-refractivity contribution in [1.29, 1.82) is 0 Å². The van der Waals surface area contributed by atoms with E-state index in [2.05, 4.69) is 46.0 Å². The maximum atomic E-state index is 6.10. The molecule has 0 heterocycles. The summed E-state index contributed by atoms with van der Waals surface area (Å²) in [5.74, 6) is 0.994. The molecule has 1 rings (SSSR count). The highest BCUT2D eigenvalue weighted by molar-refractivity contribution is 5.38. The third-order valence-electron chi connectivity index (χ3n) is 2.92. The topological polar surface area (TPSA) is 21.3 Å². The minimum absolute atomic E-state index is 0.173. The number of nitrogens with one attached hydrogen (secondary N) is 1. The molecule has 2 heteroatoms. The highest BCUT2D eigenvalue weighted by atomic mass is 16.5. The van der Waals surface area contributed by atoms with Gasteiger partial charge in [0.15, 0.2) is 0 Å². The van der Waals surface area contributed by atoms with Crippen LogP contribution in [0.3, 0.4) is 0 Å². The second-order valence-corrected chi connectivity index (χ2v) is 5.24. The molecule has 0 aliphatic carbocycles. The van der Waals surface area contributed by atoms with Gasteiger partial charge >= 0.3 is 0 Å². The first-order valence-corrected chi connectivity index (χ1v) is 6.42. The molecule has 0 atom stereocenters. The molecule has 0 radical (unpaired) electrons. The minimum atomic E-state index is -0.173. The molecule has 0 amide bonds. The molecular weight excluding hydrogens is 210 g/mol. The summed E-state index contributed by atoms with van der Waals surface area (Å²) in [5.41, 5.74) is 2.34. The molecule has 0 fully saturated rings. The third-order valence-corrected chi connectivity index (χ3v) is 2.92. The van der Waals surface area contributed by atoms with Crippen LogP contribution in [0, 0.1) is 13.8 Å². The number of hydrogen-bond donors (Lipinski definition) is 1. The summed E-state index contributed by atoms with van der Waals surface area (Å²) < 4.78 is 6.10. The summed E-state index contributed by atoms with van der Waals surface area (Å²) in [6.45, 7) is 12.6. The molecule has 17 heavy (non-hydrogen) atoms. The lowest BCUT2D eigenvalue weighted by atomic mass is 10.1. The van der Waals surface area contributed by atoms with Crippen molar-refractivity contribution in [2.45, 2.75) is 46.6 Å². The first-order chi connectivity index (χ1) is 7.96. The lowest BCUT2D eigenvalue weighted by Crippen LogP contribution is -2.40. The van der Waals surface area contributed by atoms with Gasteiger partial charge in [-0.1, -0.05) is 19.1 Å². The van der Waals surface area contributed by atoms with Crippen LogP contribution in [-0.4, -0.2) is 18.7 Å². The van der Waals surface area contributed by atoms with Crippen LogP contribution in [0.4, 0.5) is 0 Å². The van der Waals surface area contributed by atoms with Crippen molar-refractivity contribution in [3.63, 3.8) is 0 Å². The Morgan fingerprint density at radius 1 is 1.24 bits per heavy atom. The first kappa shape index (κ1) is 14.0. The van der Waals surface area contributed by atoms with Crippen molar-refractivity contribution in [2.24, 2.45) is 0 Å². The Morgan fingerprint density at radius 3 is 2.59 bits per heavy atom. The van der Waals surface area contributed by atoms with E-state index in [1.165, 1.54) is 11.1 Å². The molecule has 0 spiro atoms. The van der Waals surface area contributed by atoms with Crippen LogP contribution in [0.15, 0.2) is 18.2 Å². The van der Waals surface area contributed by atoms with Gasteiger partial charge in [0, 0.05) is 6.54 Å². The average Bonchev–Trinajstić information content (AvgIpc) is 2.25. The third kappa shape index (κ3) is 4.39. The molecular formula is C15H25NO. The van der Waals surface area contributed by atoms with Crippen molar-refractivity contribution in [3.05, 3.63) is 29.3 Å². The van der Waals surface area contributed by atoms with Gasteiger partial charge in [-0.25, -0.2) is 0 Å². The van der Waals surface area contributed by atoms with Gasteiger partial charge in [0.05, 0.1) is 0 Å². The van der Waals surface area contributed by atoms with Gasteiger partial charge in [-0.2, -0.15) is 0 Å². The van der Waals surface area contributed by atoms with Gasteiger partial charge in [-0.05, 0) is 57.9 Å². The van der Waals surface area contributed by atoms with Crippen molar-refractivity contribution in [3.8, 4) is 5.75 Å². The summed E-state index contributed by atoms with van der Waals surface area (Å²) in [7, 11) is 0.